The first kappa shape index (κ1) is 14.4. The normalized spacial score (nSPS) is 20.7. The molecule has 1 aliphatic rings. The number of hydrogen-bond acceptors (Lipinski definition) is 2. The number of halogens is 1. The van der Waals surface area contributed by atoms with Crippen LogP contribution >= 0.6 is 11.6 Å². The number of benzene rings is 2. The van der Waals surface area contributed by atoms with E-state index in [9.17, 15) is 0 Å². The summed E-state index contributed by atoms with van der Waals surface area (Å²) in [5.41, 5.74) is 3.66. The molecule has 2 unspecified atom stereocenters. The summed E-state index contributed by atoms with van der Waals surface area (Å²) in [7, 11) is 0. The van der Waals surface area contributed by atoms with Crippen molar-refractivity contribution < 1.29 is 4.74 Å². The fraction of sp³-hybridized carbons (Fsp3) is 0.333. The highest BCUT2D eigenvalue weighted by atomic mass is 35.5. The molecule has 0 aliphatic carbocycles. The Labute approximate surface area is 131 Å². The van der Waals surface area contributed by atoms with Crippen LogP contribution in [0.2, 0.25) is 5.02 Å². The van der Waals surface area contributed by atoms with Crippen molar-refractivity contribution >= 4 is 11.6 Å². The van der Waals surface area contributed by atoms with E-state index in [-0.39, 0.29) is 12.1 Å². The van der Waals surface area contributed by atoms with Crippen LogP contribution in [-0.2, 0) is 0 Å². The highest BCUT2D eigenvalue weighted by Crippen LogP contribution is 2.41. The first-order valence-electron chi connectivity index (χ1n) is 7.43. The maximum Gasteiger partial charge on any atom is 0.126 e. The van der Waals surface area contributed by atoms with Gasteiger partial charge in [-0.3, -0.25) is 0 Å². The lowest BCUT2D eigenvalue weighted by atomic mass is 9.92. The van der Waals surface area contributed by atoms with Crippen LogP contribution in [0, 0.1) is 6.92 Å². The summed E-state index contributed by atoms with van der Waals surface area (Å²) >= 11 is 6.13. The predicted octanol–water partition coefficient (Wildman–Crippen LogP) is 4.82. The van der Waals surface area contributed by atoms with Crippen molar-refractivity contribution in [3.63, 3.8) is 0 Å². The molecule has 0 amide bonds. The summed E-state index contributed by atoms with van der Waals surface area (Å²) in [5, 5.41) is 4.30. The standard InChI is InChI=1S/C18H20ClNO/c1-3-20-16-11-18(13-6-4-5-12(2)9-13)21-17-8-7-14(19)10-15(16)17/h4-10,16,18,20H,3,11H2,1-2H3. The van der Waals surface area contributed by atoms with Gasteiger partial charge in [-0.25, -0.2) is 0 Å². The summed E-state index contributed by atoms with van der Waals surface area (Å²) in [6, 6.07) is 14.7. The topological polar surface area (TPSA) is 21.3 Å². The molecule has 1 heterocycles. The van der Waals surface area contributed by atoms with Gasteiger partial charge in [0.15, 0.2) is 0 Å². The van der Waals surface area contributed by atoms with Crippen molar-refractivity contribution in [2.45, 2.75) is 32.4 Å². The van der Waals surface area contributed by atoms with Crippen LogP contribution in [0.4, 0.5) is 0 Å². The number of aryl methyl sites for hydroxylation is 1. The van der Waals surface area contributed by atoms with Crippen molar-refractivity contribution in [2.24, 2.45) is 0 Å². The zero-order valence-electron chi connectivity index (χ0n) is 12.4. The van der Waals surface area contributed by atoms with E-state index in [1.807, 2.05) is 18.2 Å². The molecule has 0 saturated heterocycles. The minimum Gasteiger partial charge on any atom is -0.485 e. The summed E-state index contributed by atoms with van der Waals surface area (Å²) in [6.07, 6.45) is 1.01. The van der Waals surface area contributed by atoms with Crippen LogP contribution < -0.4 is 10.1 Å². The van der Waals surface area contributed by atoms with Crippen molar-refractivity contribution in [2.75, 3.05) is 6.54 Å². The molecule has 110 valence electrons. The maximum absolute atomic E-state index is 6.21. The Balaban J connectivity index is 1.95. The number of fused-ring (bicyclic) bond motifs is 1. The molecule has 0 spiro atoms. The van der Waals surface area contributed by atoms with Gasteiger partial charge in [-0.05, 0) is 37.2 Å². The van der Waals surface area contributed by atoms with Gasteiger partial charge in [0.05, 0.1) is 0 Å². The van der Waals surface area contributed by atoms with Gasteiger partial charge in [-0.15, -0.1) is 0 Å². The molecule has 1 aliphatic heterocycles. The predicted molar refractivity (Wildman–Crippen MR) is 87.0 cm³/mol. The molecule has 2 atom stereocenters. The van der Waals surface area contributed by atoms with Crippen molar-refractivity contribution in [1.29, 1.82) is 0 Å². The lowest BCUT2D eigenvalue weighted by Gasteiger charge is -2.33. The van der Waals surface area contributed by atoms with Gasteiger partial charge in [-0.2, -0.15) is 0 Å². The Morgan fingerprint density at radius 3 is 2.86 bits per heavy atom. The Bertz CT molecular complexity index is 641. The fourth-order valence-corrected chi connectivity index (χ4v) is 3.14. The van der Waals surface area contributed by atoms with Crippen molar-refractivity contribution in [3.05, 3.63) is 64.2 Å². The van der Waals surface area contributed by atoms with Gasteiger partial charge < -0.3 is 10.1 Å². The molecule has 2 aromatic carbocycles. The molecule has 2 aromatic rings. The molecule has 3 heteroatoms. The van der Waals surface area contributed by atoms with Gasteiger partial charge in [0.2, 0.25) is 0 Å². The number of hydrogen-bond donors (Lipinski definition) is 1. The minimum absolute atomic E-state index is 0.0858. The third-order valence-corrected chi connectivity index (χ3v) is 4.17. The van der Waals surface area contributed by atoms with E-state index in [4.69, 9.17) is 16.3 Å². The van der Waals surface area contributed by atoms with Crippen LogP contribution in [0.25, 0.3) is 0 Å². The molecular formula is C18H20ClNO. The highest BCUT2D eigenvalue weighted by molar-refractivity contribution is 6.30. The Hall–Kier alpha value is -1.51. The third kappa shape index (κ3) is 3.07. The molecular weight excluding hydrogens is 282 g/mol. The summed E-state index contributed by atoms with van der Waals surface area (Å²) < 4.78 is 6.21. The number of rotatable bonds is 3. The lowest BCUT2D eigenvalue weighted by Crippen LogP contribution is -2.29. The van der Waals surface area contributed by atoms with Gasteiger partial charge >= 0.3 is 0 Å². The van der Waals surface area contributed by atoms with Crippen molar-refractivity contribution in [3.8, 4) is 5.75 Å². The lowest BCUT2D eigenvalue weighted by molar-refractivity contribution is 0.152. The van der Waals surface area contributed by atoms with Crippen LogP contribution in [0.5, 0.6) is 5.75 Å². The first-order chi connectivity index (χ1) is 10.2. The molecule has 0 fully saturated rings. The van der Waals surface area contributed by atoms with Crippen LogP contribution in [-0.4, -0.2) is 6.54 Å². The number of nitrogens with one attached hydrogen (secondary N) is 1. The second-order valence-corrected chi connectivity index (χ2v) is 5.99. The first-order valence-corrected chi connectivity index (χ1v) is 7.81. The van der Waals surface area contributed by atoms with E-state index >= 15 is 0 Å². The molecule has 0 saturated carbocycles. The third-order valence-electron chi connectivity index (χ3n) is 3.93. The summed E-state index contributed by atoms with van der Waals surface area (Å²) in [4.78, 5) is 0. The molecule has 0 radical (unpaired) electrons. The van der Waals surface area contributed by atoms with Crippen LogP contribution in [0.1, 0.15) is 42.2 Å². The fourth-order valence-electron chi connectivity index (χ4n) is 2.96. The molecule has 0 aromatic heterocycles. The van der Waals surface area contributed by atoms with E-state index in [1.54, 1.807) is 0 Å². The molecule has 1 N–H and O–H groups in total. The zero-order chi connectivity index (χ0) is 14.8. The average Bonchev–Trinajstić information content (AvgIpc) is 2.48. The van der Waals surface area contributed by atoms with E-state index in [0.29, 0.717) is 0 Å². The van der Waals surface area contributed by atoms with Gasteiger partial charge in [-0.1, -0.05) is 48.4 Å². The van der Waals surface area contributed by atoms with Gasteiger partial charge in [0.1, 0.15) is 11.9 Å². The molecule has 2 nitrogen and oxygen atoms in total. The summed E-state index contributed by atoms with van der Waals surface area (Å²) in [5.74, 6) is 0.933. The second-order valence-electron chi connectivity index (χ2n) is 5.55. The minimum atomic E-state index is 0.0858. The van der Waals surface area contributed by atoms with Crippen LogP contribution in [0.3, 0.4) is 0 Å². The Kier molecular flexibility index (Phi) is 4.18. The van der Waals surface area contributed by atoms with E-state index in [0.717, 1.165) is 29.3 Å². The zero-order valence-corrected chi connectivity index (χ0v) is 13.2. The Morgan fingerprint density at radius 2 is 2.10 bits per heavy atom. The summed E-state index contributed by atoms with van der Waals surface area (Å²) in [6.45, 7) is 5.17. The average molecular weight is 302 g/mol. The largest absolute Gasteiger partial charge is 0.485 e. The molecule has 0 bridgehead atoms. The van der Waals surface area contributed by atoms with Gasteiger partial charge in [0, 0.05) is 23.0 Å². The quantitative estimate of drug-likeness (QED) is 0.877. The van der Waals surface area contributed by atoms with Gasteiger partial charge in [0.25, 0.3) is 0 Å². The Morgan fingerprint density at radius 1 is 1.24 bits per heavy atom. The maximum atomic E-state index is 6.21. The second kappa shape index (κ2) is 6.08. The van der Waals surface area contributed by atoms with E-state index in [2.05, 4.69) is 43.4 Å². The molecule has 21 heavy (non-hydrogen) atoms. The highest BCUT2D eigenvalue weighted by Gasteiger charge is 2.29. The van der Waals surface area contributed by atoms with E-state index in [1.165, 1.54) is 11.1 Å². The smallest absolute Gasteiger partial charge is 0.126 e. The number of ether oxygens (including phenoxy) is 1. The van der Waals surface area contributed by atoms with E-state index < -0.39 is 0 Å². The SMILES string of the molecule is CCNC1CC(c2cccc(C)c2)Oc2ccc(Cl)cc21. The van der Waals surface area contributed by atoms with Crippen molar-refractivity contribution in [1.82, 2.24) is 5.32 Å². The molecule has 3 rings (SSSR count). The monoisotopic (exact) mass is 301 g/mol. The van der Waals surface area contributed by atoms with Crippen LogP contribution in [0.15, 0.2) is 42.5 Å².